The summed E-state index contributed by atoms with van der Waals surface area (Å²) in [6, 6.07) is 10.1. The summed E-state index contributed by atoms with van der Waals surface area (Å²) in [5.41, 5.74) is 2.24. The van der Waals surface area contributed by atoms with E-state index in [0.717, 1.165) is 62.1 Å². The van der Waals surface area contributed by atoms with Gasteiger partial charge < -0.3 is 9.80 Å². The number of amides is 1. The SMILES string of the molecule is CCC1c2ccsc2CCN1C(=O)CSc1nnc(N2CCCC2)n1-c1cccc(Cl)c1. The Kier molecular flexibility index (Phi) is 6.44. The fourth-order valence-corrected chi connectivity index (χ4v) is 6.61. The van der Waals surface area contributed by atoms with Gasteiger partial charge in [0.05, 0.1) is 17.5 Å². The molecule has 0 aliphatic carbocycles. The molecule has 1 amide bonds. The second-order valence-corrected chi connectivity index (χ2v) is 10.5. The Hall–Kier alpha value is -2.03. The Morgan fingerprint density at radius 3 is 2.84 bits per heavy atom. The molecule has 9 heteroatoms. The lowest BCUT2D eigenvalue weighted by Gasteiger charge is -2.35. The van der Waals surface area contributed by atoms with Crippen LogP contribution in [0.1, 0.15) is 42.7 Å². The molecule has 5 rings (SSSR count). The highest BCUT2D eigenvalue weighted by Gasteiger charge is 2.31. The number of fused-ring (bicyclic) bond motifs is 1. The Labute approximate surface area is 201 Å². The summed E-state index contributed by atoms with van der Waals surface area (Å²) in [4.78, 5) is 19.0. The van der Waals surface area contributed by atoms with E-state index in [4.69, 9.17) is 11.6 Å². The average molecular weight is 488 g/mol. The van der Waals surface area contributed by atoms with Crippen molar-refractivity contribution >= 4 is 46.6 Å². The van der Waals surface area contributed by atoms with Crippen LogP contribution in [0.3, 0.4) is 0 Å². The highest BCUT2D eigenvalue weighted by atomic mass is 35.5. The molecule has 2 aliphatic rings. The first-order valence-corrected chi connectivity index (χ1v) is 13.3. The predicted octanol–water partition coefficient (Wildman–Crippen LogP) is 5.21. The van der Waals surface area contributed by atoms with Crippen LogP contribution in [0.15, 0.2) is 40.9 Å². The number of rotatable bonds is 6. The first kappa shape index (κ1) is 21.8. The maximum atomic E-state index is 13.3. The monoisotopic (exact) mass is 487 g/mol. The van der Waals surface area contributed by atoms with Crippen LogP contribution in [0.2, 0.25) is 5.02 Å². The molecule has 3 aromatic rings. The molecule has 2 aliphatic heterocycles. The van der Waals surface area contributed by atoms with Gasteiger partial charge in [-0.3, -0.25) is 9.36 Å². The summed E-state index contributed by atoms with van der Waals surface area (Å²) in [5.74, 6) is 1.32. The van der Waals surface area contributed by atoms with Crippen LogP contribution in [0.4, 0.5) is 5.95 Å². The van der Waals surface area contributed by atoms with Gasteiger partial charge >= 0.3 is 0 Å². The van der Waals surface area contributed by atoms with Gasteiger partial charge in [-0.15, -0.1) is 21.5 Å². The summed E-state index contributed by atoms with van der Waals surface area (Å²) >= 11 is 9.54. The van der Waals surface area contributed by atoms with Gasteiger partial charge in [0.2, 0.25) is 11.9 Å². The predicted molar refractivity (Wildman–Crippen MR) is 131 cm³/mol. The van der Waals surface area contributed by atoms with Crippen LogP contribution >= 0.6 is 34.7 Å². The van der Waals surface area contributed by atoms with E-state index in [1.165, 1.54) is 22.2 Å². The first-order valence-electron chi connectivity index (χ1n) is 11.1. The Bertz CT molecular complexity index is 1110. The van der Waals surface area contributed by atoms with Gasteiger partial charge in [-0.25, -0.2) is 0 Å². The van der Waals surface area contributed by atoms with Gasteiger partial charge in [0, 0.05) is 29.5 Å². The summed E-state index contributed by atoms with van der Waals surface area (Å²) in [5, 5.41) is 12.5. The molecular weight excluding hydrogens is 462 g/mol. The number of aromatic nitrogens is 3. The normalized spacial score (nSPS) is 18.2. The molecule has 1 fully saturated rings. The number of carbonyl (C=O) groups is 1. The van der Waals surface area contributed by atoms with E-state index in [-0.39, 0.29) is 11.9 Å². The third kappa shape index (κ3) is 4.16. The molecule has 2 aromatic heterocycles. The van der Waals surface area contributed by atoms with Gasteiger partial charge in [0.1, 0.15) is 0 Å². The minimum Gasteiger partial charge on any atom is -0.341 e. The van der Waals surface area contributed by atoms with Crippen LogP contribution in [0.5, 0.6) is 0 Å². The Morgan fingerprint density at radius 2 is 2.06 bits per heavy atom. The molecule has 1 saturated heterocycles. The first-order chi connectivity index (χ1) is 15.7. The third-order valence-corrected chi connectivity index (χ3v) is 8.34. The smallest absolute Gasteiger partial charge is 0.233 e. The van der Waals surface area contributed by atoms with Gasteiger partial charge in [0.15, 0.2) is 5.16 Å². The molecule has 0 saturated carbocycles. The summed E-state index contributed by atoms with van der Waals surface area (Å²) < 4.78 is 2.04. The van der Waals surface area contributed by atoms with Crippen molar-refractivity contribution in [1.82, 2.24) is 19.7 Å². The number of thioether (sulfide) groups is 1. The van der Waals surface area contributed by atoms with E-state index in [9.17, 15) is 4.79 Å². The van der Waals surface area contributed by atoms with Crippen LogP contribution in [-0.2, 0) is 11.2 Å². The van der Waals surface area contributed by atoms with Gasteiger partial charge in [0.25, 0.3) is 0 Å². The van der Waals surface area contributed by atoms with Crippen LogP contribution in [0, 0.1) is 0 Å². The lowest BCUT2D eigenvalue weighted by molar-refractivity contribution is -0.131. The number of carbonyl (C=O) groups excluding carboxylic acids is 1. The van der Waals surface area contributed by atoms with E-state index < -0.39 is 0 Å². The molecule has 6 nitrogen and oxygen atoms in total. The minimum absolute atomic E-state index is 0.155. The molecule has 168 valence electrons. The quantitative estimate of drug-likeness (QED) is 0.447. The third-order valence-electron chi connectivity index (χ3n) is 6.20. The van der Waals surface area contributed by atoms with Crippen molar-refractivity contribution in [1.29, 1.82) is 0 Å². The topological polar surface area (TPSA) is 54.3 Å². The zero-order valence-corrected chi connectivity index (χ0v) is 20.4. The minimum atomic E-state index is 0.155. The number of anilines is 1. The van der Waals surface area contributed by atoms with Gasteiger partial charge in [-0.05, 0) is 60.9 Å². The molecular formula is C23H26ClN5OS2. The van der Waals surface area contributed by atoms with Crippen molar-refractivity contribution in [3.8, 4) is 5.69 Å². The molecule has 32 heavy (non-hydrogen) atoms. The number of hydrogen-bond acceptors (Lipinski definition) is 6. The lowest BCUT2D eigenvalue weighted by atomic mass is 9.98. The highest BCUT2D eigenvalue weighted by Crippen LogP contribution is 2.36. The fourth-order valence-electron chi connectivity index (χ4n) is 4.66. The number of hydrogen-bond donors (Lipinski definition) is 0. The maximum Gasteiger partial charge on any atom is 0.233 e. The largest absolute Gasteiger partial charge is 0.341 e. The molecule has 0 spiro atoms. The molecule has 0 radical (unpaired) electrons. The average Bonchev–Trinajstić information content (AvgIpc) is 3.56. The molecule has 0 bridgehead atoms. The van der Waals surface area contributed by atoms with E-state index >= 15 is 0 Å². The van der Waals surface area contributed by atoms with Crippen molar-refractivity contribution in [2.75, 3.05) is 30.3 Å². The van der Waals surface area contributed by atoms with Gasteiger partial charge in [-0.2, -0.15) is 0 Å². The number of thiophene rings is 1. The molecule has 1 aromatic carbocycles. The second kappa shape index (κ2) is 9.45. The van der Waals surface area contributed by atoms with Crippen molar-refractivity contribution in [2.45, 2.75) is 43.8 Å². The summed E-state index contributed by atoms with van der Waals surface area (Å²) in [7, 11) is 0. The van der Waals surface area contributed by atoms with E-state index in [1.54, 1.807) is 11.3 Å². The standard InChI is InChI=1S/C23H26ClN5OS2/c1-2-19-18-9-13-31-20(18)8-12-28(19)21(30)15-32-23-26-25-22(27-10-3-4-11-27)29(23)17-7-5-6-16(24)14-17/h5-7,9,13-14,19H,2-4,8,10-12,15H2,1H3. The maximum absolute atomic E-state index is 13.3. The molecule has 1 unspecified atom stereocenters. The number of nitrogens with zero attached hydrogens (tertiary/aromatic N) is 5. The number of benzene rings is 1. The van der Waals surface area contributed by atoms with Crippen LogP contribution in [0.25, 0.3) is 5.69 Å². The Balaban J connectivity index is 1.38. The van der Waals surface area contributed by atoms with Gasteiger partial charge in [-0.1, -0.05) is 36.4 Å². The number of halogens is 1. The van der Waals surface area contributed by atoms with Crippen molar-refractivity contribution in [3.63, 3.8) is 0 Å². The summed E-state index contributed by atoms with van der Waals surface area (Å²) in [6.45, 7) is 4.88. The zero-order valence-electron chi connectivity index (χ0n) is 18.0. The van der Waals surface area contributed by atoms with Crippen molar-refractivity contribution < 1.29 is 4.79 Å². The fraction of sp³-hybridized carbons (Fsp3) is 0.435. The second-order valence-electron chi connectivity index (χ2n) is 8.14. The van der Waals surface area contributed by atoms with Crippen LogP contribution < -0.4 is 4.90 Å². The van der Waals surface area contributed by atoms with Crippen molar-refractivity contribution in [3.05, 3.63) is 51.2 Å². The van der Waals surface area contributed by atoms with E-state index in [2.05, 4.69) is 33.5 Å². The zero-order chi connectivity index (χ0) is 22.1. The molecule has 4 heterocycles. The lowest BCUT2D eigenvalue weighted by Crippen LogP contribution is -2.40. The van der Waals surface area contributed by atoms with Crippen molar-refractivity contribution in [2.24, 2.45) is 0 Å². The Morgan fingerprint density at radius 1 is 1.22 bits per heavy atom. The summed E-state index contributed by atoms with van der Waals surface area (Å²) in [6.07, 6.45) is 4.18. The molecule has 1 atom stereocenters. The van der Waals surface area contributed by atoms with E-state index in [0.29, 0.717) is 10.8 Å². The van der Waals surface area contributed by atoms with E-state index in [1.807, 2.05) is 33.7 Å². The van der Waals surface area contributed by atoms with Crippen LogP contribution in [-0.4, -0.2) is 51.0 Å². The highest BCUT2D eigenvalue weighted by molar-refractivity contribution is 7.99. The molecule has 0 N–H and O–H groups in total.